The maximum Gasteiger partial charge on any atom is 0.249 e. The van der Waals surface area contributed by atoms with E-state index < -0.39 is 0 Å². The zero-order valence-corrected chi connectivity index (χ0v) is 18.3. The number of thiazole rings is 1. The van der Waals surface area contributed by atoms with Crippen LogP contribution in [0.4, 0.5) is 0 Å². The molecule has 3 rings (SSSR count). The summed E-state index contributed by atoms with van der Waals surface area (Å²) >= 11 is 5.12. The molecule has 6 heteroatoms. The van der Waals surface area contributed by atoms with Crippen LogP contribution in [-0.2, 0) is 11.3 Å². The van der Waals surface area contributed by atoms with E-state index in [1.165, 1.54) is 26.2 Å². The minimum Gasteiger partial charge on any atom is -0.316 e. The van der Waals surface area contributed by atoms with Gasteiger partial charge in [0.2, 0.25) is 5.91 Å². The van der Waals surface area contributed by atoms with E-state index in [0.29, 0.717) is 6.42 Å². The SMILES string of the molecule is CSCCn1c(=NC(=O)CCSc2ccccc2)sc2cc(C)c(C)cc21. The van der Waals surface area contributed by atoms with Crippen molar-refractivity contribution in [3.05, 3.63) is 58.4 Å². The number of nitrogens with zero attached hydrogens (tertiary/aromatic N) is 2. The summed E-state index contributed by atoms with van der Waals surface area (Å²) in [4.78, 5) is 18.9. The van der Waals surface area contributed by atoms with Gasteiger partial charge in [-0.25, -0.2) is 0 Å². The highest BCUT2D eigenvalue weighted by atomic mass is 32.2. The number of amides is 1. The van der Waals surface area contributed by atoms with Crippen LogP contribution in [0, 0.1) is 13.8 Å². The summed E-state index contributed by atoms with van der Waals surface area (Å²) in [5.41, 5.74) is 3.73. The number of rotatable bonds is 7. The number of benzene rings is 2. The van der Waals surface area contributed by atoms with Crippen molar-refractivity contribution < 1.29 is 4.79 Å². The van der Waals surface area contributed by atoms with E-state index in [1.54, 1.807) is 23.1 Å². The van der Waals surface area contributed by atoms with Crippen molar-refractivity contribution in [1.29, 1.82) is 0 Å². The maximum atomic E-state index is 12.4. The van der Waals surface area contributed by atoms with Crippen LogP contribution in [0.25, 0.3) is 10.2 Å². The summed E-state index contributed by atoms with van der Waals surface area (Å²) in [6, 6.07) is 14.6. The second kappa shape index (κ2) is 9.62. The summed E-state index contributed by atoms with van der Waals surface area (Å²) in [5.74, 6) is 1.71. The molecule has 0 aliphatic carbocycles. The largest absolute Gasteiger partial charge is 0.316 e. The predicted molar refractivity (Wildman–Crippen MR) is 120 cm³/mol. The second-order valence-electron chi connectivity index (χ2n) is 6.35. The first-order valence-corrected chi connectivity index (χ1v) is 12.1. The van der Waals surface area contributed by atoms with E-state index in [9.17, 15) is 4.79 Å². The minimum absolute atomic E-state index is 0.0451. The zero-order chi connectivity index (χ0) is 19.2. The zero-order valence-electron chi connectivity index (χ0n) is 15.9. The molecule has 0 fully saturated rings. The molecule has 0 spiro atoms. The normalized spacial score (nSPS) is 12.0. The molecule has 27 heavy (non-hydrogen) atoms. The molecule has 0 saturated carbocycles. The van der Waals surface area contributed by atoms with E-state index in [4.69, 9.17) is 0 Å². The Bertz CT molecular complexity index is 990. The van der Waals surface area contributed by atoms with E-state index >= 15 is 0 Å². The summed E-state index contributed by atoms with van der Waals surface area (Å²) in [7, 11) is 0. The molecule has 1 amide bonds. The third-order valence-corrected chi connectivity index (χ3v) is 7.01. The Kier molecular flexibility index (Phi) is 7.21. The molecule has 0 N–H and O–H groups in total. The molecule has 0 bridgehead atoms. The summed E-state index contributed by atoms with van der Waals surface area (Å²) < 4.78 is 3.40. The van der Waals surface area contributed by atoms with Gasteiger partial charge in [-0.05, 0) is 55.5 Å². The molecule has 3 nitrogen and oxygen atoms in total. The van der Waals surface area contributed by atoms with Crippen LogP contribution in [-0.4, -0.2) is 28.2 Å². The fourth-order valence-electron chi connectivity index (χ4n) is 2.74. The molecule has 0 atom stereocenters. The van der Waals surface area contributed by atoms with Crippen LogP contribution in [0.2, 0.25) is 0 Å². The molecule has 2 aromatic carbocycles. The number of fused-ring (bicyclic) bond motifs is 1. The lowest BCUT2D eigenvalue weighted by molar-refractivity contribution is -0.117. The number of carbonyl (C=O) groups excluding carboxylic acids is 1. The fraction of sp³-hybridized carbons (Fsp3) is 0.333. The average molecular weight is 417 g/mol. The Morgan fingerprint density at radius 2 is 1.85 bits per heavy atom. The molecule has 1 heterocycles. The first kappa shape index (κ1) is 20.2. The summed E-state index contributed by atoms with van der Waals surface area (Å²) in [6.45, 7) is 5.13. The molecule has 1 aromatic heterocycles. The molecule has 0 aliphatic rings. The van der Waals surface area contributed by atoms with Gasteiger partial charge in [0, 0.05) is 29.4 Å². The number of aromatic nitrogens is 1. The highest BCUT2D eigenvalue weighted by Gasteiger charge is 2.10. The van der Waals surface area contributed by atoms with Gasteiger partial charge < -0.3 is 4.57 Å². The van der Waals surface area contributed by atoms with E-state index in [2.05, 4.69) is 53.9 Å². The van der Waals surface area contributed by atoms with Gasteiger partial charge in [-0.2, -0.15) is 16.8 Å². The number of thioether (sulfide) groups is 2. The molecule has 0 unspecified atom stereocenters. The third-order valence-electron chi connectivity index (χ3n) is 4.37. The van der Waals surface area contributed by atoms with Gasteiger partial charge in [-0.15, -0.1) is 11.8 Å². The Morgan fingerprint density at radius 1 is 1.11 bits per heavy atom. The molecular formula is C21H24N2OS3. The quantitative estimate of drug-likeness (QED) is 0.491. The molecule has 142 valence electrons. The second-order valence-corrected chi connectivity index (χ2v) is 9.51. The molecular weight excluding hydrogens is 392 g/mol. The first-order valence-electron chi connectivity index (χ1n) is 8.93. The van der Waals surface area contributed by atoms with Crippen molar-refractivity contribution in [3.8, 4) is 0 Å². The number of hydrogen-bond donors (Lipinski definition) is 0. The van der Waals surface area contributed by atoms with Gasteiger partial charge in [-0.3, -0.25) is 4.79 Å². The molecule has 3 aromatic rings. The van der Waals surface area contributed by atoms with Gasteiger partial charge in [0.15, 0.2) is 4.80 Å². The van der Waals surface area contributed by atoms with Crippen molar-refractivity contribution in [2.24, 2.45) is 4.99 Å². The lowest BCUT2D eigenvalue weighted by Crippen LogP contribution is -2.18. The van der Waals surface area contributed by atoms with Gasteiger partial charge in [-0.1, -0.05) is 29.5 Å². The average Bonchev–Trinajstić information content (AvgIpc) is 2.97. The molecule has 0 aliphatic heterocycles. The van der Waals surface area contributed by atoms with Crippen LogP contribution in [0.5, 0.6) is 0 Å². The van der Waals surface area contributed by atoms with Crippen LogP contribution in [0.15, 0.2) is 52.4 Å². The topological polar surface area (TPSA) is 34.4 Å². The molecule has 0 saturated heterocycles. The van der Waals surface area contributed by atoms with Crippen molar-refractivity contribution in [2.45, 2.75) is 31.7 Å². The Hall–Kier alpha value is -1.50. The predicted octanol–water partition coefficient (Wildman–Crippen LogP) is 5.29. The van der Waals surface area contributed by atoms with Gasteiger partial charge in [0.25, 0.3) is 0 Å². The maximum absolute atomic E-state index is 12.4. The lowest BCUT2D eigenvalue weighted by Gasteiger charge is -2.06. The first-order chi connectivity index (χ1) is 13.1. The van der Waals surface area contributed by atoms with Crippen molar-refractivity contribution in [1.82, 2.24) is 4.57 Å². The van der Waals surface area contributed by atoms with E-state index in [0.717, 1.165) is 22.9 Å². The Labute approximate surface area is 172 Å². The standard InChI is InChI=1S/C21H24N2OS3/c1-15-13-18-19(14-16(15)2)27-21(23(18)10-12-25-3)22-20(24)9-11-26-17-7-5-4-6-8-17/h4-8,13-14H,9-12H2,1-3H3. The van der Waals surface area contributed by atoms with Crippen LogP contribution >= 0.6 is 34.9 Å². The number of aryl methyl sites for hydroxylation is 3. The minimum atomic E-state index is -0.0451. The lowest BCUT2D eigenvalue weighted by atomic mass is 10.1. The Balaban J connectivity index is 1.81. The van der Waals surface area contributed by atoms with Crippen LogP contribution < -0.4 is 4.80 Å². The van der Waals surface area contributed by atoms with Crippen LogP contribution in [0.1, 0.15) is 17.5 Å². The highest BCUT2D eigenvalue weighted by molar-refractivity contribution is 7.99. The van der Waals surface area contributed by atoms with E-state index in [1.807, 2.05) is 30.0 Å². The Morgan fingerprint density at radius 3 is 2.59 bits per heavy atom. The van der Waals surface area contributed by atoms with Crippen LogP contribution in [0.3, 0.4) is 0 Å². The third kappa shape index (κ3) is 5.27. The fourth-order valence-corrected chi connectivity index (χ4v) is 5.12. The van der Waals surface area contributed by atoms with Crippen molar-refractivity contribution in [2.75, 3.05) is 17.8 Å². The van der Waals surface area contributed by atoms with Crippen molar-refractivity contribution >= 4 is 51.0 Å². The number of hydrogen-bond acceptors (Lipinski definition) is 4. The van der Waals surface area contributed by atoms with Gasteiger partial charge >= 0.3 is 0 Å². The van der Waals surface area contributed by atoms with E-state index in [-0.39, 0.29) is 5.91 Å². The summed E-state index contributed by atoms with van der Waals surface area (Å²) in [6.07, 6.45) is 2.56. The molecule has 0 radical (unpaired) electrons. The summed E-state index contributed by atoms with van der Waals surface area (Å²) in [5, 5.41) is 0. The smallest absolute Gasteiger partial charge is 0.249 e. The van der Waals surface area contributed by atoms with Gasteiger partial charge in [0.05, 0.1) is 10.2 Å². The van der Waals surface area contributed by atoms with Gasteiger partial charge in [0.1, 0.15) is 0 Å². The highest BCUT2D eigenvalue weighted by Crippen LogP contribution is 2.22. The number of carbonyl (C=O) groups is 1. The monoisotopic (exact) mass is 416 g/mol. The van der Waals surface area contributed by atoms with Crippen molar-refractivity contribution in [3.63, 3.8) is 0 Å².